The van der Waals surface area contributed by atoms with Gasteiger partial charge in [-0.3, -0.25) is 0 Å². The molecular weight excluding hydrogens is 202 g/mol. The van der Waals surface area contributed by atoms with Gasteiger partial charge in [-0.2, -0.15) is 0 Å². The molecule has 2 rings (SSSR count). The van der Waals surface area contributed by atoms with Crippen LogP contribution in [0.15, 0.2) is 18.2 Å². The number of nitrogen functional groups attached to an aromatic ring is 1. The van der Waals surface area contributed by atoms with Crippen LogP contribution in [0.1, 0.15) is 20.3 Å². The van der Waals surface area contributed by atoms with Gasteiger partial charge in [0.15, 0.2) is 0 Å². The minimum absolute atomic E-state index is 0.140. The predicted molar refractivity (Wildman–Crippen MR) is 65.3 cm³/mol. The highest BCUT2D eigenvalue weighted by Crippen LogP contribution is 2.43. The van der Waals surface area contributed by atoms with Gasteiger partial charge >= 0.3 is 0 Å². The molecular formula is C12H19N3O. The summed E-state index contributed by atoms with van der Waals surface area (Å²) in [6, 6.07) is 6.03. The van der Waals surface area contributed by atoms with E-state index in [2.05, 4.69) is 24.1 Å². The highest BCUT2D eigenvalue weighted by Gasteiger charge is 2.48. The van der Waals surface area contributed by atoms with Gasteiger partial charge in [0.2, 0.25) is 0 Å². The van der Waals surface area contributed by atoms with E-state index < -0.39 is 0 Å². The zero-order valence-corrected chi connectivity index (χ0v) is 10.0. The zero-order chi connectivity index (χ0) is 11.8. The minimum Gasteiger partial charge on any atom is -0.384 e. The number of nitrogens with two attached hydrogens (primary N) is 1. The van der Waals surface area contributed by atoms with E-state index in [1.54, 1.807) is 13.2 Å². The number of nitrogens with one attached hydrogen (secondary N) is 1. The summed E-state index contributed by atoms with van der Waals surface area (Å²) in [6.45, 7) is 4.41. The smallest absolute Gasteiger partial charge is 0.128 e. The lowest BCUT2D eigenvalue weighted by molar-refractivity contribution is -0.0795. The van der Waals surface area contributed by atoms with Crippen molar-refractivity contribution in [1.29, 1.82) is 0 Å². The fraction of sp³-hybridized carbons (Fsp3) is 0.583. The Morgan fingerprint density at radius 1 is 1.50 bits per heavy atom. The van der Waals surface area contributed by atoms with Crippen LogP contribution in [0.25, 0.3) is 0 Å². The molecule has 0 aromatic carbocycles. The SMILES string of the molecule is COC1CC(Nc2cccc(N)n2)C1(C)C. The molecule has 88 valence electrons. The van der Waals surface area contributed by atoms with Crippen molar-refractivity contribution < 1.29 is 4.74 Å². The van der Waals surface area contributed by atoms with E-state index in [4.69, 9.17) is 10.5 Å². The van der Waals surface area contributed by atoms with Gasteiger partial charge in [-0.05, 0) is 18.6 Å². The van der Waals surface area contributed by atoms with Crippen LogP contribution in [0.5, 0.6) is 0 Å². The Morgan fingerprint density at radius 3 is 2.81 bits per heavy atom. The molecule has 3 N–H and O–H groups in total. The summed E-state index contributed by atoms with van der Waals surface area (Å²) < 4.78 is 5.41. The number of rotatable bonds is 3. The van der Waals surface area contributed by atoms with Gasteiger partial charge in [0.05, 0.1) is 6.10 Å². The normalized spacial score (nSPS) is 27.2. The monoisotopic (exact) mass is 221 g/mol. The summed E-state index contributed by atoms with van der Waals surface area (Å²) in [5.74, 6) is 1.39. The van der Waals surface area contributed by atoms with Crippen LogP contribution in [-0.2, 0) is 4.74 Å². The first-order valence-corrected chi connectivity index (χ1v) is 5.56. The molecule has 1 aromatic rings. The maximum absolute atomic E-state index is 5.64. The van der Waals surface area contributed by atoms with Crippen LogP contribution < -0.4 is 11.1 Å². The van der Waals surface area contributed by atoms with Crippen molar-refractivity contribution in [3.63, 3.8) is 0 Å². The number of anilines is 2. The van der Waals surface area contributed by atoms with Crippen molar-refractivity contribution in [2.75, 3.05) is 18.2 Å². The van der Waals surface area contributed by atoms with E-state index in [0.717, 1.165) is 12.2 Å². The molecule has 0 amide bonds. The summed E-state index contributed by atoms with van der Waals surface area (Å²) in [6.07, 6.45) is 1.34. The van der Waals surface area contributed by atoms with Crippen LogP contribution in [0.4, 0.5) is 11.6 Å². The van der Waals surface area contributed by atoms with E-state index in [1.807, 2.05) is 12.1 Å². The van der Waals surface area contributed by atoms with Crippen LogP contribution in [0, 0.1) is 5.41 Å². The van der Waals surface area contributed by atoms with Gasteiger partial charge in [0.25, 0.3) is 0 Å². The Labute approximate surface area is 96.2 Å². The molecule has 1 fully saturated rings. The third-order valence-corrected chi connectivity index (χ3v) is 3.55. The molecule has 2 atom stereocenters. The van der Waals surface area contributed by atoms with Gasteiger partial charge in [-0.15, -0.1) is 0 Å². The molecule has 1 aliphatic carbocycles. The zero-order valence-electron chi connectivity index (χ0n) is 10.0. The Bertz CT molecular complexity index is 378. The number of methoxy groups -OCH3 is 1. The second-order valence-corrected chi connectivity index (χ2v) is 4.93. The topological polar surface area (TPSA) is 60.2 Å². The largest absolute Gasteiger partial charge is 0.384 e. The summed E-state index contributed by atoms with van der Waals surface area (Å²) in [4.78, 5) is 4.24. The maximum atomic E-state index is 5.64. The lowest BCUT2D eigenvalue weighted by Gasteiger charge is -2.51. The highest BCUT2D eigenvalue weighted by atomic mass is 16.5. The highest BCUT2D eigenvalue weighted by molar-refractivity contribution is 5.44. The molecule has 1 aromatic heterocycles. The minimum atomic E-state index is 0.140. The van der Waals surface area contributed by atoms with Crippen molar-refractivity contribution >= 4 is 11.6 Å². The number of aromatic nitrogens is 1. The molecule has 4 heteroatoms. The summed E-state index contributed by atoms with van der Waals surface area (Å²) in [7, 11) is 1.77. The average Bonchev–Trinajstić information content (AvgIpc) is 2.23. The first-order valence-electron chi connectivity index (χ1n) is 5.56. The molecule has 0 bridgehead atoms. The van der Waals surface area contributed by atoms with Gasteiger partial charge < -0.3 is 15.8 Å². The summed E-state index contributed by atoms with van der Waals surface area (Å²) in [5, 5.41) is 3.40. The van der Waals surface area contributed by atoms with Gasteiger partial charge in [-0.25, -0.2) is 4.98 Å². The third-order valence-electron chi connectivity index (χ3n) is 3.55. The van der Waals surface area contributed by atoms with Crippen LogP contribution in [0.2, 0.25) is 0 Å². The van der Waals surface area contributed by atoms with Crippen molar-refractivity contribution in [3.05, 3.63) is 18.2 Å². The molecule has 1 heterocycles. The Morgan fingerprint density at radius 2 is 2.25 bits per heavy atom. The quantitative estimate of drug-likeness (QED) is 0.818. The average molecular weight is 221 g/mol. The first-order chi connectivity index (χ1) is 7.54. The van der Waals surface area contributed by atoms with Crippen molar-refractivity contribution in [3.8, 4) is 0 Å². The number of ether oxygens (including phenoxy) is 1. The van der Waals surface area contributed by atoms with Gasteiger partial charge in [0.1, 0.15) is 11.6 Å². The van der Waals surface area contributed by atoms with E-state index in [-0.39, 0.29) is 5.41 Å². The van der Waals surface area contributed by atoms with Crippen molar-refractivity contribution in [1.82, 2.24) is 4.98 Å². The molecule has 4 nitrogen and oxygen atoms in total. The molecule has 16 heavy (non-hydrogen) atoms. The van der Waals surface area contributed by atoms with E-state index in [1.165, 1.54) is 0 Å². The summed E-state index contributed by atoms with van der Waals surface area (Å²) >= 11 is 0. The van der Waals surface area contributed by atoms with Gasteiger partial charge in [0, 0.05) is 18.6 Å². The molecule has 0 aliphatic heterocycles. The maximum Gasteiger partial charge on any atom is 0.128 e. The van der Waals surface area contributed by atoms with E-state index >= 15 is 0 Å². The number of pyridine rings is 1. The summed E-state index contributed by atoms with van der Waals surface area (Å²) in [5.41, 5.74) is 5.78. The van der Waals surface area contributed by atoms with Crippen LogP contribution in [0.3, 0.4) is 0 Å². The second-order valence-electron chi connectivity index (χ2n) is 4.93. The Balaban J connectivity index is 2.02. The number of hydrogen-bond donors (Lipinski definition) is 2. The van der Waals surface area contributed by atoms with E-state index in [9.17, 15) is 0 Å². The van der Waals surface area contributed by atoms with Crippen molar-refractivity contribution in [2.24, 2.45) is 5.41 Å². The van der Waals surface area contributed by atoms with Crippen LogP contribution in [-0.4, -0.2) is 24.2 Å². The lowest BCUT2D eigenvalue weighted by Crippen LogP contribution is -2.57. The molecule has 1 saturated carbocycles. The number of hydrogen-bond acceptors (Lipinski definition) is 4. The second kappa shape index (κ2) is 3.94. The third kappa shape index (κ3) is 1.85. The Hall–Kier alpha value is -1.29. The molecule has 0 radical (unpaired) electrons. The van der Waals surface area contributed by atoms with Crippen molar-refractivity contribution in [2.45, 2.75) is 32.4 Å². The first kappa shape index (κ1) is 11.2. The Kier molecular flexibility index (Phi) is 2.76. The fourth-order valence-electron chi connectivity index (χ4n) is 2.24. The molecule has 0 spiro atoms. The van der Waals surface area contributed by atoms with E-state index in [0.29, 0.717) is 18.0 Å². The fourth-order valence-corrected chi connectivity index (χ4v) is 2.24. The lowest BCUT2D eigenvalue weighted by atomic mass is 9.64. The molecule has 0 saturated heterocycles. The molecule has 2 unspecified atom stereocenters. The number of nitrogens with zero attached hydrogens (tertiary/aromatic N) is 1. The van der Waals surface area contributed by atoms with Gasteiger partial charge in [-0.1, -0.05) is 19.9 Å². The predicted octanol–water partition coefficient (Wildman–Crippen LogP) is 1.89. The standard InChI is InChI=1S/C12H19N3O/c1-12(2)8(7-9(12)16-3)14-11-6-4-5-10(13)15-11/h4-6,8-9H,7H2,1-3H3,(H3,13,14,15). The van der Waals surface area contributed by atoms with Crippen LogP contribution >= 0.6 is 0 Å². The molecule has 1 aliphatic rings.